The van der Waals surface area contributed by atoms with Crippen LogP contribution in [0.5, 0.6) is 0 Å². The molecule has 0 bridgehead atoms. The van der Waals surface area contributed by atoms with Gasteiger partial charge in [-0.3, -0.25) is 9.78 Å². The molecule has 0 aliphatic rings. The molecule has 0 unspecified atom stereocenters. The molecule has 7 heteroatoms. The zero-order valence-corrected chi connectivity index (χ0v) is 20.0. The number of hydrogen-bond donors (Lipinski definition) is 1. The van der Waals surface area contributed by atoms with Crippen LogP contribution in [-0.4, -0.2) is 17.1 Å². The maximum Gasteiger partial charge on any atom is 0.256 e. The number of benzene rings is 3. The molecule has 1 aromatic heterocycles. The minimum Gasteiger partial charge on any atom is -0.322 e. The van der Waals surface area contributed by atoms with Gasteiger partial charge < -0.3 is 5.32 Å². The molecule has 0 atom stereocenters. The van der Waals surface area contributed by atoms with Gasteiger partial charge in [-0.1, -0.05) is 40.9 Å². The molecule has 0 fully saturated rings. The van der Waals surface area contributed by atoms with E-state index >= 15 is 0 Å². The van der Waals surface area contributed by atoms with E-state index in [9.17, 15) is 4.79 Å². The summed E-state index contributed by atoms with van der Waals surface area (Å²) in [5.74, 6) is -0.266. The number of nitrogens with one attached hydrogen (secondary N) is 1. The number of carbonyl (C=O) groups excluding carboxylic acids is 1. The summed E-state index contributed by atoms with van der Waals surface area (Å²) in [6.07, 6.45) is 3.68. The minimum absolute atomic E-state index is 0.266. The fraction of sp³-hybridized carbons (Fsp3) is 0.0400. The van der Waals surface area contributed by atoms with Gasteiger partial charge in [-0.05, 0) is 78.5 Å². The monoisotopic (exact) mass is 498 g/mol. The first-order chi connectivity index (χ1) is 15.5. The molecular formula is C25H17Cl3N2OS. The lowest BCUT2D eigenvalue weighted by Crippen LogP contribution is -2.13. The number of hydrogen-bond acceptors (Lipinski definition) is 3. The molecule has 3 nitrogen and oxygen atoms in total. The highest BCUT2D eigenvalue weighted by Gasteiger charge is 2.17. The molecule has 0 aliphatic carbocycles. The van der Waals surface area contributed by atoms with Crippen LogP contribution in [-0.2, 0) is 0 Å². The van der Waals surface area contributed by atoms with Crippen LogP contribution in [0.15, 0.2) is 83.9 Å². The number of rotatable bonds is 5. The molecule has 4 rings (SSSR count). The Kier molecular flexibility index (Phi) is 7.07. The zero-order chi connectivity index (χ0) is 22.7. The van der Waals surface area contributed by atoms with Crippen LogP contribution >= 0.6 is 46.6 Å². The Hall–Kier alpha value is -2.50. The summed E-state index contributed by atoms with van der Waals surface area (Å²) in [5.41, 5.74) is 3.97. The molecule has 1 heterocycles. The molecule has 0 radical (unpaired) electrons. The predicted octanol–water partition coefficient (Wildman–Crippen LogP) is 8.35. The Morgan fingerprint density at radius 2 is 1.62 bits per heavy atom. The Morgan fingerprint density at radius 1 is 0.844 bits per heavy atom. The van der Waals surface area contributed by atoms with Gasteiger partial charge in [-0.25, -0.2) is 0 Å². The number of anilines is 1. The van der Waals surface area contributed by atoms with Crippen molar-refractivity contribution in [2.24, 2.45) is 0 Å². The van der Waals surface area contributed by atoms with Gasteiger partial charge >= 0.3 is 0 Å². The van der Waals surface area contributed by atoms with Crippen LogP contribution in [0.2, 0.25) is 15.1 Å². The van der Waals surface area contributed by atoms with E-state index in [0.29, 0.717) is 37.4 Å². The number of thioether (sulfide) groups is 1. The van der Waals surface area contributed by atoms with Gasteiger partial charge in [0.2, 0.25) is 0 Å². The first-order valence-electron chi connectivity index (χ1n) is 9.62. The van der Waals surface area contributed by atoms with Crippen molar-refractivity contribution in [1.29, 1.82) is 0 Å². The van der Waals surface area contributed by atoms with E-state index in [1.165, 1.54) is 0 Å². The van der Waals surface area contributed by atoms with Crippen molar-refractivity contribution < 1.29 is 4.79 Å². The molecule has 0 saturated carbocycles. The minimum atomic E-state index is -0.266. The number of carbonyl (C=O) groups is 1. The number of halogens is 3. The quantitative estimate of drug-likeness (QED) is 0.280. The van der Waals surface area contributed by atoms with E-state index in [1.807, 2.05) is 42.7 Å². The average molecular weight is 500 g/mol. The normalized spacial score (nSPS) is 10.8. The fourth-order valence-corrected chi connectivity index (χ4v) is 4.34. The van der Waals surface area contributed by atoms with Crippen molar-refractivity contribution in [2.75, 3.05) is 11.6 Å². The van der Waals surface area contributed by atoms with Crippen molar-refractivity contribution in [3.05, 3.63) is 99.6 Å². The summed E-state index contributed by atoms with van der Waals surface area (Å²) in [5, 5.41) is 4.59. The van der Waals surface area contributed by atoms with Crippen molar-refractivity contribution >= 4 is 58.2 Å². The van der Waals surface area contributed by atoms with Gasteiger partial charge in [-0.15, -0.1) is 11.8 Å². The number of amides is 1. The highest BCUT2D eigenvalue weighted by Crippen LogP contribution is 2.36. The molecule has 1 amide bonds. The zero-order valence-electron chi connectivity index (χ0n) is 16.9. The van der Waals surface area contributed by atoms with Gasteiger partial charge in [0.1, 0.15) is 0 Å². The maximum absolute atomic E-state index is 13.3. The van der Waals surface area contributed by atoms with E-state index in [0.717, 1.165) is 16.2 Å². The second-order valence-electron chi connectivity index (χ2n) is 6.90. The summed E-state index contributed by atoms with van der Waals surface area (Å²) in [6.45, 7) is 0. The highest BCUT2D eigenvalue weighted by atomic mass is 35.5. The first kappa shape index (κ1) is 22.7. The van der Waals surface area contributed by atoms with Crippen LogP contribution in [0, 0.1) is 0 Å². The molecule has 0 saturated heterocycles. The molecule has 0 spiro atoms. The number of pyridine rings is 1. The number of aromatic nitrogens is 1. The summed E-state index contributed by atoms with van der Waals surface area (Å²) >= 11 is 20.6. The van der Waals surface area contributed by atoms with Crippen LogP contribution in [0.4, 0.5) is 5.69 Å². The van der Waals surface area contributed by atoms with Crippen LogP contribution in [0.25, 0.3) is 22.4 Å². The highest BCUT2D eigenvalue weighted by molar-refractivity contribution is 7.98. The summed E-state index contributed by atoms with van der Waals surface area (Å²) in [7, 11) is 0. The molecule has 3 aromatic carbocycles. The lowest BCUT2D eigenvalue weighted by Gasteiger charge is -2.14. The smallest absolute Gasteiger partial charge is 0.256 e. The fourth-order valence-electron chi connectivity index (χ4n) is 3.29. The molecule has 4 aromatic rings. The molecule has 1 N–H and O–H groups in total. The first-order valence-corrected chi connectivity index (χ1v) is 12.0. The van der Waals surface area contributed by atoms with Crippen molar-refractivity contribution in [1.82, 2.24) is 4.98 Å². The van der Waals surface area contributed by atoms with E-state index in [2.05, 4.69) is 10.3 Å². The van der Waals surface area contributed by atoms with E-state index in [-0.39, 0.29) is 5.91 Å². The standard InChI is InChI=1S/C25H17Cl3N2OS/c1-32-17-7-8-18(19(14-17)20-12-15(26)5-9-22(20)27)25(31)30-16-6-10-23(28)21(13-16)24-4-2-3-11-29-24/h2-14H,1H3,(H,30,31). The van der Waals surface area contributed by atoms with Gasteiger partial charge in [0.15, 0.2) is 0 Å². The van der Waals surface area contributed by atoms with Crippen LogP contribution in [0.1, 0.15) is 10.4 Å². The van der Waals surface area contributed by atoms with E-state index in [1.54, 1.807) is 54.4 Å². The Labute approximate surface area is 205 Å². The Bertz CT molecular complexity index is 1300. The number of nitrogens with zero attached hydrogens (tertiary/aromatic N) is 1. The van der Waals surface area contributed by atoms with E-state index in [4.69, 9.17) is 34.8 Å². The summed E-state index contributed by atoms with van der Waals surface area (Å²) < 4.78 is 0. The lowest BCUT2D eigenvalue weighted by atomic mass is 9.99. The second-order valence-corrected chi connectivity index (χ2v) is 9.03. The van der Waals surface area contributed by atoms with Gasteiger partial charge in [0.25, 0.3) is 5.91 Å². The van der Waals surface area contributed by atoms with Crippen molar-refractivity contribution in [2.45, 2.75) is 4.90 Å². The van der Waals surface area contributed by atoms with Crippen molar-refractivity contribution in [3.63, 3.8) is 0 Å². The van der Waals surface area contributed by atoms with Gasteiger partial charge in [-0.2, -0.15) is 0 Å². The predicted molar refractivity (Wildman–Crippen MR) is 136 cm³/mol. The Balaban J connectivity index is 1.73. The topological polar surface area (TPSA) is 42.0 Å². The summed E-state index contributed by atoms with van der Waals surface area (Å²) in [4.78, 5) is 18.7. The van der Waals surface area contributed by atoms with Gasteiger partial charge in [0.05, 0.1) is 10.7 Å². The summed E-state index contributed by atoms with van der Waals surface area (Å²) in [6, 6.07) is 21.8. The van der Waals surface area contributed by atoms with Gasteiger partial charge in [0, 0.05) is 43.5 Å². The third-order valence-corrected chi connectivity index (χ3v) is 6.47. The van der Waals surface area contributed by atoms with Crippen molar-refractivity contribution in [3.8, 4) is 22.4 Å². The van der Waals surface area contributed by atoms with E-state index < -0.39 is 0 Å². The third-order valence-electron chi connectivity index (χ3n) is 4.86. The second kappa shape index (κ2) is 9.97. The Morgan fingerprint density at radius 3 is 2.38 bits per heavy atom. The van der Waals surface area contributed by atoms with Crippen LogP contribution < -0.4 is 5.32 Å². The molecular weight excluding hydrogens is 483 g/mol. The van der Waals surface area contributed by atoms with Crippen LogP contribution in [0.3, 0.4) is 0 Å². The average Bonchev–Trinajstić information content (AvgIpc) is 2.82. The maximum atomic E-state index is 13.3. The molecule has 32 heavy (non-hydrogen) atoms. The molecule has 0 aliphatic heterocycles. The SMILES string of the molecule is CSc1ccc(C(=O)Nc2ccc(Cl)c(-c3ccccn3)c2)c(-c2cc(Cl)ccc2Cl)c1. The lowest BCUT2D eigenvalue weighted by molar-refractivity contribution is 0.102. The largest absolute Gasteiger partial charge is 0.322 e. The third kappa shape index (κ3) is 4.94. The molecule has 160 valence electrons.